The largest absolute Gasteiger partial charge is 0.508 e. The third-order valence-corrected chi connectivity index (χ3v) is 2.62. The molecule has 0 saturated heterocycles. The summed E-state index contributed by atoms with van der Waals surface area (Å²) in [7, 11) is 0. The number of phenolic OH excluding ortho intramolecular Hbond substituents is 2. The average Bonchev–Trinajstić information content (AvgIpc) is 2.32. The summed E-state index contributed by atoms with van der Waals surface area (Å²) in [5.41, 5.74) is 0.727. The Labute approximate surface area is 103 Å². The van der Waals surface area contributed by atoms with Crippen molar-refractivity contribution < 1.29 is 15.0 Å². The maximum absolute atomic E-state index is 12.0. The van der Waals surface area contributed by atoms with Gasteiger partial charge < -0.3 is 10.2 Å². The van der Waals surface area contributed by atoms with Gasteiger partial charge in [-0.05, 0) is 30.3 Å². The predicted octanol–water partition coefficient (Wildman–Crippen LogP) is 2.98. The van der Waals surface area contributed by atoms with Crippen LogP contribution in [0.3, 0.4) is 0 Å². The SMILES string of the molecule is O=C(c1cccc(O)c1)c1ccc(O)c(Cl)c1. The first kappa shape index (κ1) is 11.5. The monoisotopic (exact) mass is 248 g/mol. The number of hydrogen-bond donors (Lipinski definition) is 2. The molecule has 0 atom stereocenters. The lowest BCUT2D eigenvalue weighted by atomic mass is 10.0. The van der Waals surface area contributed by atoms with E-state index in [1.807, 2.05) is 0 Å². The van der Waals surface area contributed by atoms with Gasteiger partial charge in [0, 0.05) is 11.1 Å². The van der Waals surface area contributed by atoms with Gasteiger partial charge in [-0.25, -0.2) is 0 Å². The number of halogens is 1. The van der Waals surface area contributed by atoms with E-state index in [9.17, 15) is 15.0 Å². The number of phenols is 2. The van der Waals surface area contributed by atoms with Crippen molar-refractivity contribution in [3.63, 3.8) is 0 Å². The molecule has 0 unspecified atom stereocenters. The van der Waals surface area contributed by atoms with Crippen molar-refractivity contribution in [1.29, 1.82) is 0 Å². The molecule has 2 aromatic carbocycles. The highest BCUT2D eigenvalue weighted by atomic mass is 35.5. The van der Waals surface area contributed by atoms with E-state index in [1.54, 1.807) is 12.1 Å². The van der Waals surface area contributed by atoms with Crippen LogP contribution in [-0.4, -0.2) is 16.0 Å². The second-order valence-electron chi connectivity index (χ2n) is 3.55. The van der Waals surface area contributed by atoms with Gasteiger partial charge in [0.15, 0.2) is 5.78 Å². The fourth-order valence-corrected chi connectivity index (χ4v) is 1.64. The Kier molecular flexibility index (Phi) is 3.02. The zero-order valence-corrected chi connectivity index (χ0v) is 9.48. The Balaban J connectivity index is 2.40. The van der Waals surface area contributed by atoms with Crippen molar-refractivity contribution in [3.05, 3.63) is 58.6 Å². The summed E-state index contributed by atoms with van der Waals surface area (Å²) < 4.78 is 0. The molecule has 2 aromatic rings. The molecule has 0 saturated carbocycles. The zero-order chi connectivity index (χ0) is 12.4. The Morgan fingerprint density at radius 3 is 2.35 bits per heavy atom. The van der Waals surface area contributed by atoms with Crippen LogP contribution in [0.1, 0.15) is 15.9 Å². The number of rotatable bonds is 2. The van der Waals surface area contributed by atoms with E-state index >= 15 is 0 Å². The molecular weight excluding hydrogens is 240 g/mol. The summed E-state index contributed by atoms with van der Waals surface area (Å²) >= 11 is 5.73. The summed E-state index contributed by atoms with van der Waals surface area (Å²) in [6, 6.07) is 10.3. The molecule has 0 aliphatic carbocycles. The number of ketones is 1. The molecule has 0 radical (unpaired) electrons. The van der Waals surface area contributed by atoms with Gasteiger partial charge in [0.25, 0.3) is 0 Å². The van der Waals surface area contributed by atoms with Crippen molar-refractivity contribution in [1.82, 2.24) is 0 Å². The lowest BCUT2D eigenvalue weighted by molar-refractivity contribution is 0.103. The molecule has 4 heteroatoms. The summed E-state index contributed by atoms with van der Waals surface area (Å²) in [6.45, 7) is 0. The molecule has 0 fully saturated rings. The van der Waals surface area contributed by atoms with E-state index in [0.717, 1.165) is 0 Å². The quantitative estimate of drug-likeness (QED) is 0.804. The lowest BCUT2D eigenvalue weighted by Crippen LogP contribution is -2.00. The Morgan fingerprint density at radius 1 is 1.00 bits per heavy atom. The second kappa shape index (κ2) is 4.47. The van der Waals surface area contributed by atoms with Crippen LogP contribution in [0.15, 0.2) is 42.5 Å². The van der Waals surface area contributed by atoms with Crippen LogP contribution in [0.5, 0.6) is 11.5 Å². The van der Waals surface area contributed by atoms with Gasteiger partial charge in [-0.15, -0.1) is 0 Å². The number of aromatic hydroxyl groups is 2. The average molecular weight is 249 g/mol. The van der Waals surface area contributed by atoms with Crippen LogP contribution in [0.2, 0.25) is 5.02 Å². The fraction of sp³-hybridized carbons (Fsp3) is 0. The van der Waals surface area contributed by atoms with Crippen molar-refractivity contribution in [2.75, 3.05) is 0 Å². The molecule has 2 N–H and O–H groups in total. The van der Waals surface area contributed by atoms with E-state index in [0.29, 0.717) is 11.1 Å². The van der Waals surface area contributed by atoms with Crippen LogP contribution in [0.4, 0.5) is 0 Å². The van der Waals surface area contributed by atoms with Gasteiger partial charge >= 0.3 is 0 Å². The molecule has 0 spiro atoms. The van der Waals surface area contributed by atoms with Crippen LogP contribution in [-0.2, 0) is 0 Å². The minimum absolute atomic E-state index is 0.0284. The van der Waals surface area contributed by atoms with Crippen LogP contribution in [0.25, 0.3) is 0 Å². The zero-order valence-electron chi connectivity index (χ0n) is 8.72. The van der Waals surface area contributed by atoms with Gasteiger partial charge in [0.2, 0.25) is 0 Å². The highest BCUT2D eigenvalue weighted by molar-refractivity contribution is 6.32. The van der Waals surface area contributed by atoms with Gasteiger partial charge in [0.05, 0.1) is 5.02 Å². The normalized spacial score (nSPS) is 10.2. The molecule has 2 rings (SSSR count). The summed E-state index contributed by atoms with van der Waals surface area (Å²) in [5.74, 6) is -0.303. The fourth-order valence-electron chi connectivity index (χ4n) is 1.46. The number of benzene rings is 2. The van der Waals surface area contributed by atoms with E-state index < -0.39 is 0 Å². The molecule has 17 heavy (non-hydrogen) atoms. The third-order valence-electron chi connectivity index (χ3n) is 2.32. The van der Waals surface area contributed by atoms with Gasteiger partial charge in [0.1, 0.15) is 11.5 Å². The lowest BCUT2D eigenvalue weighted by Gasteiger charge is -2.03. The van der Waals surface area contributed by atoms with Crippen molar-refractivity contribution in [3.8, 4) is 11.5 Å². The first-order valence-electron chi connectivity index (χ1n) is 4.90. The topological polar surface area (TPSA) is 57.5 Å². The van der Waals surface area contributed by atoms with E-state index in [1.165, 1.54) is 30.3 Å². The van der Waals surface area contributed by atoms with Gasteiger partial charge in [-0.3, -0.25) is 4.79 Å². The third kappa shape index (κ3) is 2.40. The second-order valence-corrected chi connectivity index (χ2v) is 3.95. The van der Waals surface area contributed by atoms with E-state index in [-0.39, 0.29) is 22.3 Å². The maximum atomic E-state index is 12.0. The number of hydrogen-bond acceptors (Lipinski definition) is 3. The highest BCUT2D eigenvalue weighted by Crippen LogP contribution is 2.25. The molecule has 0 aliphatic heterocycles. The first-order valence-corrected chi connectivity index (χ1v) is 5.28. The molecule has 0 aliphatic rings. The minimum Gasteiger partial charge on any atom is -0.508 e. The van der Waals surface area contributed by atoms with E-state index in [4.69, 9.17) is 11.6 Å². The number of carbonyl (C=O) groups excluding carboxylic acids is 1. The Morgan fingerprint density at radius 2 is 1.71 bits per heavy atom. The molecule has 0 aromatic heterocycles. The number of carbonyl (C=O) groups is 1. The van der Waals surface area contributed by atoms with Crippen LogP contribution >= 0.6 is 11.6 Å². The predicted molar refractivity (Wildman–Crippen MR) is 64.7 cm³/mol. The minimum atomic E-state index is -0.261. The van der Waals surface area contributed by atoms with E-state index in [2.05, 4.69) is 0 Å². The van der Waals surface area contributed by atoms with Crippen molar-refractivity contribution in [2.45, 2.75) is 0 Å². The van der Waals surface area contributed by atoms with Crippen molar-refractivity contribution in [2.24, 2.45) is 0 Å². The summed E-state index contributed by atoms with van der Waals surface area (Å²) in [6.07, 6.45) is 0. The molecule has 0 amide bonds. The van der Waals surface area contributed by atoms with Crippen LogP contribution in [0, 0.1) is 0 Å². The highest BCUT2D eigenvalue weighted by Gasteiger charge is 2.11. The molecule has 86 valence electrons. The van der Waals surface area contributed by atoms with Gasteiger partial charge in [-0.2, -0.15) is 0 Å². The smallest absolute Gasteiger partial charge is 0.193 e. The van der Waals surface area contributed by atoms with Crippen molar-refractivity contribution >= 4 is 17.4 Å². The Hall–Kier alpha value is -2.00. The first-order chi connectivity index (χ1) is 8.08. The molecular formula is C13H9ClO3. The Bertz CT molecular complexity index is 579. The summed E-state index contributed by atoms with van der Waals surface area (Å²) in [5, 5.41) is 18.7. The van der Waals surface area contributed by atoms with Gasteiger partial charge in [-0.1, -0.05) is 23.7 Å². The summed E-state index contributed by atoms with van der Waals surface area (Å²) in [4.78, 5) is 12.0. The molecule has 3 nitrogen and oxygen atoms in total. The molecule has 0 heterocycles. The maximum Gasteiger partial charge on any atom is 0.193 e. The van der Waals surface area contributed by atoms with Crippen LogP contribution < -0.4 is 0 Å². The molecule has 0 bridgehead atoms. The standard InChI is InChI=1S/C13H9ClO3/c14-11-7-9(4-5-12(11)16)13(17)8-2-1-3-10(15)6-8/h1-7,15-16H.